The first kappa shape index (κ1) is 11.0. The van der Waals surface area contributed by atoms with E-state index in [1.165, 1.54) is 16.1 Å². The minimum Gasteiger partial charge on any atom is -0.337 e. The number of rotatable bonds is 2. The molecule has 0 radical (unpaired) electrons. The molecule has 0 amide bonds. The zero-order chi connectivity index (χ0) is 10.8. The Morgan fingerprint density at radius 3 is 2.60 bits per heavy atom. The van der Waals surface area contributed by atoms with Crippen LogP contribution in [0.5, 0.6) is 0 Å². The topological polar surface area (TPSA) is 15.8 Å². The van der Waals surface area contributed by atoms with Gasteiger partial charge in [-0.3, -0.25) is 0 Å². The van der Waals surface area contributed by atoms with Crippen molar-refractivity contribution in [3.05, 3.63) is 37.6 Å². The number of hydrogen-bond donors (Lipinski definition) is 1. The van der Waals surface area contributed by atoms with E-state index in [1.54, 1.807) is 11.3 Å². The van der Waals surface area contributed by atoms with Crippen molar-refractivity contribution in [2.45, 2.75) is 13.3 Å². The SMILES string of the molecule is CCc1sc(=S)[nH]c1-c1ccc(Br)cc1. The molecule has 0 aliphatic carbocycles. The lowest BCUT2D eigenvalue weighted by atomic mass is 10.1. The van der Waals surface area contributed by atoms with Crippen LogP contribution in [0, 0.1) is 3.95 Å². The van der Waals surface area contributed by atoms with E-state index < -0.39 is 0 Å². The van der Waals surface area contributed by atoms with Gasteiger partial charge in [0.1, 0.15) is 0 Å². The van der Waals surface area contributed by atoms with E-state index in [4.69, 9.17) is 12.2 Å². The fourth-order valence-electron chi connectivity index (χ4n) is 1.46. The van der Waals surface area contributed by atoms with Gasteiger partial charge in [0.2, 0.25) is 0 Å². The van der Waals surface area contributed by atoms with Crippen molar-refractivity contribution in [2.24, 2.45) is 0 Å². The second kappa shape index (κ2) is 4.60. The van der Waals surface area contributed by atoms with Crippen LogP contribution in [0.15, 0.2) is 28.7 Å². The summed E-state index contributed by atoms with van der Waals surface area (Å²) in [4.78, 5) is 4.57. The van der Waals surface area contributed by atoms with Gasteiger partial charge < -0.3 is 4.98 Å². The number of aromatic amines is 1. The fraction of sp³-hybridized carbons (Fsp3) is 0.182. The predicted molar refractivity (Wildman–Crippen MR) is 72.0 cm³/mol. The van der Waals surface area contributed by atoms with Gasteiger partial charge in [0.25, 0.3) is 0 Å². The van der Waals surface area contributed by atoms with E-state index >= 15 is 0 Å². The molecule has 78 valence electrons. The summed E-state index contributed by atoms with van der Waals surface area (Å²) >= 11 is 10.3. The average molecular weight is 300 g/mol. The minimum atomic E-state index is 0.852. The molecule has 1 N–H and O–H groups in total. The maximum Gasteiger partial charge on any atom is 0.159 e. The van der Waals surface area contributed by atoms with Crippen molar-refractivity contribution in [1.82, 2.24) is 4.98 Å². The van der Waals surface area contributed by atoms with Gasteiger partial charge in [0, 0.05) is 9.35 Å². The number of benzene rings is 1. The van der Waals surface area contributed by atoms with Crippen LogP contribution in [0.25, 0.3) is 11.3 Å². The Morgan fingerprint density at radius 2 is 2.00 bits per heavy atom. The molecule has 1 aromatic heterocycles. The number of thiazole rings is 1. The molecular weight excluding hydrogens is 290 g/mol. The smallest absolute Gasteiger partial charge is 0.159 e. The number of nitrogens with one attached hydrogen (secondary N) is 1. The zero-order valence-electron chi connectivity index (χ0n) is 8.21. The number of hydrogen-bond acceptors (Lipinski definition) is 2. The second-order valence-corrected chi connectivity index (χ2v) is 5.86. The van der Waals surface area contributed by atoms with Gasteiger partial charge in [-0.15, -0.1) is 11.3 Å². The summed E-state index contributed by atoms with van der Waals surface area (Å²) in [6, 6.07) is 8.28. The molecule has 0 aliphatic heterocycles. The molecule has 0 saturated carbocycles. The summed E-state index contributed by atoms with van der Waals surface area (Å²) in [6.45, 7) is 2.15. The maximum absolute atomic E-state index is 5.17. The highest BCUT2D eigenvalue weighted by Crippen LogP contribution is 2.27. The first-order valence-corrected chi connectivity index (χ1v) is 6.70. The second-order valence-electron chi connectivity index (χ2n) is 3.17. The van der Waals surface area contributed by atoms with Crippen LogP contribution < -0.4 is 0 Å². The third-order valence-electron chi connectivity index (χ3n) is 2.18. The van der Waals surface area contributed by atoms with Crippen molar-refractivity contribution in [2.75, 3.05) is 0 Å². The molecule has 0 aliphatic rings. The van der Waals surface area contributed by atoms with Crippen LogP contribution in [-0.4, -0.2) is 4.98 Å². The van der Waals surface area contributed by atoms with E-state index in [0.29, 0.717) is 0 Å². The monoisotopic (exact) mass is 299 g/mol. The molecule has 1 heterocycles. The Kier molecular flexibility index (Phi) is 3.38. The Hall–Kier alpha value is -0.450. The lowest BCUT2D eigenvalue weighted by Crippen LogP contribution is -1.82. The van der Waals surface area contributed by atoms with E-state index in [9.17, 15) is 0 Å². The number of halogens is 1. The molecule has 1 aromatic carbocycles. The minimum absolute atomic E-state index is 0.852. The number of aryl methyl sites for hydroxylation is 1. The summed E-state index contributed by atoms with van der Waals surface area (Å²) in [5.41, 5.74) is 2.36. The van der Waals surface area contributed by atoms with Gasteiger partial charge in [0.05, 0.1) is 5.69 Å². The first-order valence-electron chi connectivity index (χ1n) is 4.68. The quantitative estimate of drug-likeness (QED) is 0.788. The van der Waals surface area contributed by atoms with Gasteiger partial charge in [-0.1, -0.05) is 35.0 Å². The van der Waals surface area contributed by atoms with E-state index in [2.05, 4.69) is 40.0 Å². The molecule has 0 bridgehead atoms. The van der Waals surface area contributed by atoms with Crippen LogP contribution in [0.2, 0.25) is 0 Å². The van der Waals surface area contributed by atoms with Crippen LogP contribution >= 0.6 is 39.5 Å². The first-order chi connectivity index (χ1) is 7.20. The standard InChI is InChI=1S/C11H10BrNS2/c1-2-9-10(13-11(14)15-9)7-3-5-8(12)6-4-7/h3-6H,2H2,1H3,(H,13,14). The maximum atomic E-state index is 5.17. The molecule has 2 aromatic rings. The van der Waals surface area contributed by atoms with Crippen molar-refractivity contribution in [3.63, 3.8) is 0 Å². The van der Waals surface area contributed by atoms with Crippen molar-refractivity contribution >= 4 is 39.5 Å². The summed E-state index contributed by atoms with van der Waals surface area (Å²) < 4.78 is 1.95. The molecular formula is C11H10BrNS2. The van der Waals surface area contributed by atoms with Crippen molar-refractivity contribution in [1.29, 1.82) is 0 Å². The molecule has 0 saturated heterocycles. The van der Waals surface area contributed by atoms with E-state index in [0.717, 1.165) is 14.8 Å². The molecule has 2 rings (SSSR count). The molecule has 15 heavy (non-hydrogen) atoms. The lowest BCUT2D eigenvalue weighted by molar-refractivity contribution is 1.17. The van der Waals surface area contributed by atoms with E-state index in [-0.39, 0.29) is 0 Å². The molecule has 0 spiro atoms. The largest absolute Gasteiger partial charge is 0.337 e. The number of H-pyrrole nitrogens is 1. The summed E-state index contributed by atoms with van der Waals surface area (Å²) in [7, 11) is 0. The van der Waals surface area contributed by atoms with Gasteiger partial charge in [0.15, 0.2) is 3.95 Å². The van der Waals surface area contributed by atoms with Gasteiger partial charge >= 0.3 is 0 Å². The summed E-state index contributed by atoms with van der Waals surface area (Å²) in [6.07, 6.45) is 1.02. The predicted octanol–water partition coefficient (Wildman–Crippen LogP) is 4.80. The molecule has 1 nitrogen and oxygen atoms in total. The van der Waals surface area contributed by atoms with Crippen LogP contribution in [0.4, 0.5) is 0 Å². The normalized spacial score (nSPS) is 10.5. The van der Waals surface area contributed by atoms with Crippen LogP contribution in [-0.2, 0) is 6.42 Å². The average Bonchev–Trinajstić information content (AvgIpc) is 2.61. The van der Waals surface area contributed by atoms with E-state index in [1.807, 2.05) is 12.1 Å². The Bertz CT molecular complexity index is 510. The third kappa shape index (κ3) is 2.38. The van der Waals surface area contributed by atoms with Crippen LogP contribution in [0.3, 0.4) is 0 Å². The Morgan fingerprint density at radius 1 is 1.33 bits per heavy atom. The zero-order valence-corrected chi connectivity index (χ0v) is 11.4. The Balaban J connectivity index is 2.53. The van der Waals surface area contributed by atoms with Crippen molar-refractivity contribution < 1.29 is 0 Å². The highest BCUT2D eigenvalue weighted by atomic mass is 79.9. The van der Waals surface area contributed by atoms with Crippen LogP contribution in [0.1, 0.15) is 11.8 Å². The van der Waals surface area contributed by atoms with Gasteiger partial charge in [-0.2, -0.15) is 0 Å². The molecule has 0 unspecified atom stereocenters. The van der Waals surface area contributed by atoms with Crippen molar-refractivity contribution in [3.8, 4) is 11.3 Å². The molecule has 0 atom stereocenters. The fourth-order valence-corrected chi connectivity index (χ4v) is 2.92. The Labute approximate surface area is 106 Å². The lowest BCUT2D eigenvalue weighted by Gasteiger charge is -2.00. The third-order valence-corrected chi connectivity index (χ3v) is 4.08. The number of aromatic nitrogens is 1. The van der Waals surface area contributed by atoms with Gasteiger partial charge in [-0.05, 0) is 36.3 Å². The molecule has 4 heteroatoms. The summed E-state index contributed by atoms with van der Waals surface area (Å²) in [5, 5.41) is 0. The molecule has 0 fully saturated rings. The van der Waals surface area contributed by atoms with Gasteiger partial charge in [-0.25, -0.2) is 0 Å². The highest BCUT2D eigenvalue weighted by Gasteiger charge is 2.06. The highest BCUT2D eigenvalue weighted by molar-refractivity contribution is 9.10. The summed E-state index contributed by atoms with van der Waals surface area (Å²) in [5.74, 6) is 0.